The van der Waals surface area contributed by atoms with Crippen LogP contribution in [-0.2, 0) is 9.59 Å². The molecule has 0 saturated carbocycles. The SMILES string of the molecule is CC(C=O)COc1ccc(NC=O)cc1.CC(F)(F)F.Cc1cc(N)ccc1C#N. The van der Waals surface area contributed by atoms with Crippen LogP contribution in [0.15, 0.2) is 42.5 Å². The molecule has 0 aliphatic heterocycles. The number of benzene rings is 2. The molecule has 30 heavy (non-hydrogen) atoms. The van der Waals surface area contributed by atoms with E-state index in [9.17, 15) is 22.8 Å². The van der Waals surface area contributed by atoms with Crippen LogP contribution in [0.25, 0.3) is 0 Å². The molecule has 0 saturated heterocycles. The van der Waals surface area contributed by atoms with Gasteiger partial charge >= 0.3 is 6.18 Å². The molecular weight excluding hydrogens is 399 g/mol. The molecule has 0 heterocycles. The van der Waals surface area contributed by atoms with E-state index < -0.39 is 6.18 Å². The Labute approximate surface area is 173 Å². The average Bonchev–Trinajstić information content (AvgIpc) is 2.67. The molecule has 0 aromatic heterocycles. The maximum absolute atomic E-state index is 10.4. The van der Waals surface area contributed by atoms with Crippen LogP contribution >= 0.6 is 0 Å². The van der Waals surface area contributed by atoms with Gasteiger partial charge < -0.3 is 20.6 Å². The zero-order chi connectivity index (χ0) is 23.2. The van der Waals surface area contributed by atoms with Crippen LogP contribution in [0.4, 0.5) is 24.5 Å². The number of hydrogen-bond acceptors (Lipinski definition) is 5. The fourth-order valence-electron chi connectivity index (χ4n) is 1.79. The molecule has 6 nitrogen and oxygen atoms in total. The molecule has 1 unspecified atom stereocenters. The molecule has 2 rings (SSSR count). The lowest BCUT2D eigenvalue weighted by Gasteiger charge is -2.08. The minimum absolute atomic E-state index is 0.113. The first kappa shape index (κ1) is 26.5. The Kier molecular flexibility index (Phi) is 12.0. The minimum atomic E-state index is -4.00. The number of aldehydes is 1. The standard InChI is InChI=1S/C11H13NO3.C8H8N2.C2H3F3/c1-9(6-13)7-15-11-4-2-10(3-5-11)12-8-14;1-6-4-8(10)3-2-7(6)5-9;1-2(3,4)5/h2-6,8-9H,7H2,1H3,(H,12,14);2-4H,10H2,1H3;1H3. The number of amides is 1. The van der Waals surface area contributed by atoms with Gasteiger partial charge in [0.1, 0.15) is 12.0 Å². The van der Waals surface area contributed by atoms with E-state index in [1.54, 1.807) is 49.4 Å². The van der Waals surface area contributed by atoms with E-state index in [2.05, 4.69) is 11.4 Å². The van der Waals surface area contributed by atoms with Gasteiger partial charge in [-0.2, -0.15) is 18.4 Å². The normalized spacial score (nSPS) is 10.7. The monoisotopic (exact) mass is 423 g/mol. The van der Waals surface area contributed by atoms with Crippen molar-refractivity contribution in [1.82, 2.24) is 0 Å². The van der Waals surface area contributed by atoms with Gasteiger partial charge in [0, 0.05) is 24.2 Å². The number of carbonyl (C=O) groups is 2. The number of alkyl halides is 3. The van der Waals surface area contributed by atoms with E-state index in [-0.39, 0.29) is 12.8 Å². The Bertz CT molecular complexity index is 826. The van der Waals surface area contributed by atoms with Crippen LogP contribution in [0.5, 0.6) is 5.75 Å². The number of nitrogens with zero attached hydrogens (tertiary/aromatic N) is 1. The molecule has 0 radical (unpaired) electrons. The van der Waals surface area contributed by atoms with Crippen molar-refractivity contribution >= 4 is 24.1 Å². The van der Waals surface area contributed by atoms with Gasteiger partial charge in [-0.15, -0.1) is 0 Å². The molecular formula is C21H24F3N3O3. The Hall–Kier alpha value is -3.54. The third-order valence-electron chi connectivity index (χ3n) is 3.20. The van der Waals surface area contributed by atoms with E-state index >= 15 is 0 Å². The highest BCUT2D eigenvalue weighted by molar-refractivity contribution is 5.71. The summed E-state index contributed by atoms with van der Waals surface area (Å²) in [6.07, 6.45) is -2.54. The summed E-state index contributed by atoms with van der Waals surface area (Å²) in [5, 5.41) is 11.0. The van der Waals surface area contributed by atoms with Crippen LogP contribution in [-0.4, -0.2) is 25.5 Å². The number of ether oxygens (including phenoxy) is 1. The molecule has 162 valence electrons. The van der Waals surface area contributed by atoms with Crippen LogP contribution < -0.4 is 15.8 Å². The first-order valence-electron chi connectivity index (χ1n) is 8.71. The molecule has 0 aliphatic carbocycles. The molecule has 0 aliphatic rings. The zero-order valence-corrected chi connectivity index (χ0v) is 16.9. The summed E-state index contributed by atoms with van der Waals surface area (Å²) in [6.45, 7) is 4.21. The molecule has 2 aromatic rings. The topological polar surface area (TPSA) is 105 Å². The van der Waals surface area contributed by atoms with Crippen molar-refractivity contribution in [2.24, 2.45) is 5.92 Å². The molecule has 0 spiro atoms. The fourth-order valence-corrected chi connectivity index (χ4v) is 1.79. The number of halogens is 3. The van der Waals surface area contributed by atoms with Gasteiger partial charge in [-0.25, -0.2) is 0 Å². The third kappa shape index (κ3) is 13.6. The fraction of sp³-hybridized carbons (Fsp3) is 0.286. The van der Waals surface area contributed by atoms with Crippen molar-refractivity contribution in [1.29, 1.82) is 5.26 Å². The molecule has 9 heteroatoms. The number of carbonyl (C=O) groups excluding carboxylic acids is 2. The Morgan fingerprint density at radius 2 is 1.77 bits per heavy atom. The summed E-state index contributed by atoms with van der Waals surface area (Å²) in [6, 6.07) is 14.3. The molecule has 0 bridgehead atoms. The van der Waals surface area contributed by atoms with Crippen LogP contribution in [0.1, 0.15) is 25.0 Å². The van der Waals surface area contributed by atoms with Gasteiger partial charge in [0.2, 0.25) is 6.41 Å². The predicted molar refractivity (Wildman–Crippen MR) is 109 cm³/mol. The molecule has 2 aromatic carbocycles. The second-order valence-corrected chi connectivity index (χ2v) is 6.18. The van der Waals surface area contributed by atoms with Gasteiger partial charge in [-0.05, 0) is 55.0 Å². The van der Waals surface area contributed by atoms with Gasteiger partial charge in [0.15, 0.2) is 0 Å². The number of nitrogens with two attached hydrogens (primary N) is 1. The van der Waals surface area contributed by atoms with Gasteiger partial charge in [-0.3, -0.25) is 4.79 Å². The number of nitrogens with one attached hydrogen (secondary N) is 1. The summed E-state index contributed by atoms with van der Waals surface area (Å²) >= 11 is 0. The van der Waals surface area contributed by atoms with Crippen LogP contribution in [0.2, 0.25) is 0 Å². The maximum Gasteiger partial charge on any atom is 0.386 e. The summed E-state index contributed by atoms with van der Waals surface area (Å²) in [7, 11) is 0. The highest BCUT2D eigenvalue weighted by atomic mass is 19.4. The van der Waals surface area contributed by atoms with Gasteiger partial charge in [0.25, 0.3) is 0 Å². The Morgan fingerprint density at radius 1 is 1.20 bits per heavy atom. The number of aryl methyl sites for hydroxylation is 1. The first-order chi connectivity index (χ1) is 14.0. The number of anilines is 2. The maximum atomic E-state index is 10.4. The predicted octanol–water partition coefficient (Wildman–Crippen LogP) is 4.49. The largest absolute Gasteiger partial charge is 0.493 e. The number of rotatable bonds is 6. The zero-order valence-electron chi connectivity index (χ0n) is 16.9. The highest BCUT2D eigenvalue weighted by Gasteiger charge is 2.15. The average molecular weight is 423 g/mol. The second-order valence-electron chi connectivity index (χ2n) is 6.18. The van der Waals surface area contributed by atoms with E-state index in [1.807, 2.05) is 6.92 Å². The second kappa shape index (κ2) is 13.6. The van der Waals surface area contributed by atoms with Crippen LogP contribution in [0.3, 0.4) is 0 Å². The van der Waals surface area contributed by atoms with Gasteiger partial charge in [-0.1, -0.05) is 6.92 Å². The lowest BCUT2D eigenvalue weighted by molar-refractivity contribution is -0.111. The van der Waals surface area contributed by atoms with Crippen molar-refractivity contribution in [2.75, 3.05) is 17.7 Å². The van der Waals surface area contributed by atoms with Crippen molar-refractivity contribution < 1.29 is 27.5 Å². The minimum Gasteiger partial charge on any atom is -0.493 e. The van der Waals surface area contributed by atoms with E-state index in [0.717, 1.165) is 11.8 Å². The summed E-state index contributed by atoms with van der Waals surface area (Å²) in [5.41, 5.74) is 8.51. The van der Waals surface area contributed by atoms with Crippen molar-refractivity contribution in [3.8, 4) is 11.8 Å². The summed E-state index contributed by atoms with van der Waals surface area (Å²) in [4.78, 5) is 20.5. The van der Waals surface area contributed by atoms with Crippen molar-refractivity contribution in [3.63, 3.8) is 0 Å². The Balaban J connectivity index is 0.000000481. The number of nitrogen functional groups attached to an aromatic ring is 1. The lowest BCUT2D eigenvalue weighted by atomic mass is 10.1. The molecule has 1 amide bonds. The summed E-state index contributed by atoms with van der Waals surface area (Å²) < 4.78 is 36.4. The molecule has 3 N–H and O–H groups in total. The van der Waals surface area contributed by atoms with Crippen molar-refractivity contribution in [3.05, 3.63) is 53.6 Å². The van der Waals surface area contributed by atoms with Crippen LogP contribution in [0, 0.1) is 24.2 Å². The van der Waals surface area contributed by atoms with E-state index in [0.29, 0.717) is 35.7 Å². The quantitative estimate of drug-likeness (QED) is 0.526. The molecule has 0 fully saturated rings. The first-order valence-corrected chi connectivity index (χ1v) is 8.71. The van der Waals surface area contributed by atoms with E-state index in [4.69, 9.17) is 15.7 Å². The lowest BCUT2D eigenvalue weighted by Crippen LogP contribution is -2.09. The smallest absolute Gasteiger partial charge is 0.386 e. The summed E-state index contributed by atoms with van der Waals surface area (Å²) in [5.74, 6) is 0.568. The molecule has 1 atom stereocenters. The van der Waals surface area contributed by atoms with Crippen molar-refractivity contribution in [2.45, 2.75) is 26.9 Å². The number of nitriles is 1. The number of hydrogen-bond donors (Lipinski definition) is 2. The van der Waals surface area contributed by atoms with E-state index in [1.165, 1.54) is 0 Å². The van der Waals surface area contributed by atoms with Gasteiger partial charge in [0.05, 0.1) is 18.2 Å². The highest BCUT2D eigenvalue weighted by Crippen LogP contribution is 2.15. The third-order valence-corrected chi connectivity index (χ3v) is 3.20. The Morgan fingerprint density at radius 3 is 2.20 bits per heavy atom.